The third kappa shape index (κ3) is 2.81. The third-order valence-corrected chi connectivity index (χ3v) is 2.06. The molecule has 0 radical (unpaired) electrons. The zero-order chi connectivity index (χ0) is 11.4. The number of benzene rings is 1. The number of hydrogen-bond donors (Lipinski definition) is 0. The van der Waals surface area contributed by atoms with Crippen LogP contribution in [-0.4, -0.2) is 18.1 Å². The quantitative estimate of drug-likeness (QED) is 0.741. The molecule has 0 spiro atoms. The highest BCUT2D eigenvalue weighted by molar-refractivity contribution is 6.30. The van der Waals surface area contributed by atoms with Gasteiger partial charge in [0, 0.05) is 16.3 Å². The summed E-state index contributed by atoms with van der Waals surface area (Å²) < 4.78 is 0. The van der Waals surface area contributed by atoms with Gasteiger partial charge in [0.2, 0.25) is 0 Å². The molecule has 80 valence electrons. The molecule has 1 rings (SSSR count). The summed E-state index contributed by atoms with van der Waals surface area (Å²) in [7, 11) is 1.42. The maximum Gasteiger partial charge on any atom is 0.281 e. The average molecular weight is 226 g/mol. The molecule has 1 aromatic rings. The average Bonchev–Trinajstić information content (AvgIpc) is 2.19. The Bertz CT molecular complexity index is 373. The molecule has 0 aliphatic heterocycles. The molecule has 0 aliphatic carbocycles. The van der Waals surface area contributed by atoms with Gasteiger partial charge in [-0.1, -0.05) is 18.2 Å². The molecular formula is C11H12ClNO2. The Hall–Kier alpha value is -1.32. The lowest BCUT2D eigenvalue weighted by molar-refractivity contribution is -0.0681. The van der Waals surface area contributed by atoms with Gasteiger partial charge in [-0.3, -0.25) is 9.63 Å². The van der Waals surface area contributed by atoms with Gasteiger partial charge in [0.05, 0.1) is 7.11 Å². The number of hydroxylamine groups is 2. The number of hydrogen-bond acceptors (Lipinski definition) is 2. The highest BCUT2D eigenvalue weighted by atomic mass is 35.5. The number of nitrogens with zero attached hydrogens (tertiary/aromatic N) is 1. The molecule has 0 heterocycles. The largest absolute Gasteiger partial charge is 0.281 e. The molecule has 4 heteroatoms. The second-order valence-electron chi connectivity index (χ2n) is 3.02. The van der Waals surface area contributed by atoms with Crippen molar-refractivity contribution in [2.24, 2.45) is 0 Å². The topological polar surface area (TPSA) is 29.5 Å². The van der Waals surface area contributed by atoms with Crippen LogP contribution in [0.2, 0.25) is 5.02 Å². The maximum absolute atomic E-state index is 11.8. The van der Waals surface area contributed by atoms with E-state index in [2.05, 4.69) is 6.58 Å². The van der Waals surface area contributed by atoms with E-state index >= 15 is 0 Å². The lowest BCUT2D eigenvalue weighted by Crippen LogP contribution is -2.27. The fourth-order valence-corrected chi connectivity index (χ4v) is 1.25. The molecule has 0 aliphatic rings. The Balaban J connectivity index is 2.93. The first kappa shape index (κ1) is 11.8. The van der Waals surface area contributed by atoms with Crippen molar-refractivity contribution in [3.05, 3.63) is 47.1 Å². The van der Waals surface area contributed by atoms with Crippen LogP contribution in [0.4, 0.5) is 0 Å². The van der Waals surface area contributed by atoms with Gasteiger partial charge in [-0.25, -0.2) is 0 Å². The molecule has 0 fully saturated rings. The van der Waals surface area contributed by atoms with Gasteiger partial charge >= 0.3 is 0 Å². The van der Waals surface area contributed by atoms with Crippen LogP contribution < -0.4 is 0 Å². The minimum absolute atomic E-state index is 0.262. The van der Waals surface area contributed by atoms with Crippen molar-refractivity contribution in [2.45, 2.75) is 6.92 Å². The van der Waals surface area contributed by atoms with Crippen molar-refractivity contribution >= 4 is 17.5 Å². The number of rotatable bonds is 3. The van der Waals surface area contributed by atoms with Gasteiger partial charge in [0.15, 0.2) is 0 Å². The van der Waals surface area contributed by atoms with Gasteiger partial charge in [-0.05, 0) is 31.2 Å². The van der Waals surface area contributed by atoms with Crippen LogP contribution in [0.5, 0.6) is 0 Å². The van der Waals surface area contributed by atoms with Crippen LogP contribution in [-0.2, 0) is 4.84 Å². The van der Waals surface area contributed by atoms with Crippen molar-refractivity contribution in [3.8, 4) is 0 Å². The summed E-state index contributed by atoms with van der Waals surface area (Å²) in [5, 5.41) is 1.72. The van der Waals surface area contributed by atoms with E-state index in [1.165, 1.54) is 7.11 Å². The van der Waals surface area contributed by atoms with Gasteiger partial charge in [-0.2, -0.15) is 5.06 Å². The highest BCUT2D eigenvalue weighted by Gasteiger charge is 2.15. The number of halogens is 1. The number of allylic oxidation sites excluding steroid dienone is 1. The standard InChI is InChI=1S/C11H12ClNO2/c1-8(2)13(15-3)11(14)9-4-6-10(12)7-5-9/h4-7H,1H2,2-3H3. The summed E-state index contributed by atoms with van der Waals surface area (Å²) in [6.07, 6.45) is 0. The van der Waals surface area contributed by atoms with Gasteiger partial charge in [0.1, 0.15) is 0 Å². The second kappa shape index (κ2) is 4.96. The van der Waals surface area contributed by atoms with E-state index in [4.69, 9.17) is 16.4 Å². The zero-order valence-corrected chi connectivity index (χ0v) is 9.41. The minimum Gasteiger partial charge on any atom is -0.269 e. The van der Waals surface area contributed by atoms with Crippen LogP contribution in [0.3, 0.4) is 0 Å². The number of carbonyl (C=O) groups is 1. The summed E-state index contributed by atoms with van der Waals surface area (Å²) in [5.74, 6) is -0.262. The van der Waals surface area contributed by atoms with Crippen LogP contribution in [0, 0.1) is 0 Å². The normalized spacial score (nSPS) is 9.80. The Morgan fingerprint density at radius 1 is 1.40 bits per heavy atom. The predicted molar refractivity (Wildman–Crippen MR) is 59.4 cm³/mol. The number of amides is 1. The van der Waals surface area contributed by atoms with Crippen LogP contribution >= 0.6 is 11.6 Å². The molecule has 0 aromatic heterocycles. The van der Waals surface area contributed by atoms with Crippen LogP contribution in [0.25, 0.3) is 0 Å². The molecule has 0 saturated heterocycles. The van der Waals surface area contributed by atoms with E-state index in [1.807, 2.05) is 0 Å². The van der Waals surface area contributed by atoms with E-state index in [0.717, 1.165) is 5.06 Å². The van der Waals surface area contributed by atoms with E-state index in [1.54, 1.807) is 31.2 Å². The first-order valence-electron chi connectivity index (χ1n) is 4.36. The summed E-state index contributed by atoms with van der Waals surface area (Å²) in [5.41, 5.74) is 1.03. The van der Waals surface area contributed by atoms with E-state index in [9.17, 15) is 4.79 Å². The van der Waals surface area contributed by atoms with Crippen LogP contribution in [0.1, 0.15) is 17.3 Å². The Labute approximate surface area is 93.9 Å². The Morgan fingerprint density at radius 2 is 1.93 bits per heavy atom. The first-order valence-corrected chi connectivity index (χ1v) is 4.73. The predicted octanol–water partition coefficient (Wildman–Crippen LogP) is 2.88. The highest BCUT2D eigenvalue weighted by Crippen LogP contribution is 2.13. The molecule has 0 atom stereocenters. The molecule has 1 aromatic carbocycles. The molecule has 15 heavy (non-hydrogen) atoms. The molecular weight excluding hydrogens is 214 g/mol. The molecule has 1 amide bonds. The first-order chi connectivity index (χ1) is 7.06. The summed E-state index contributed by atoms with van der Waals surface area (Å²) >= 11 is 5.72. The molecule has 0 unspecified atom stereocenters. The fourth-order valence-electron chi connectivity index (χ4n) is 1.12. The van der Waals surface area contributed by atoms with E-state index in [0.29, 0.717) is 16.3 Å². The molecule has 0 N–H and O–H groups in total. The second-order valence-corrected chi connectivity index (χ2v) is 3.46. The molecule has 0 bridgehead atoms. The van der Waals surface area contributed by atoms with Crippen molar-refractivity contribution in [1.82, 2.24) is 5.06 Å². The Kier molecular flexibility index (Phi) is 3.88. The van der Waals surface area contributed by atoms with E-state index < -0.39 is 0 Å². The van der Waals surface area contributed by atoms with Gasteiger partial charge < -0.3 is 0 Å². The SMILES string of the molecule is C=C(C)N(OC)C(=O)c1ccc(Cl)cc1. The Morgan fingerprint density at radius 3 is 2.33 bits per heavy atom. The zero-order valence-electron chi connectivity index (χ0n) is 8.66. The number of carbonyl (C=O) groups excluding carboxylic acids is 1. The van der Waals surface area contributed by atoms with Gasteiger partial charge in [-0.15, -0.1) is 0 Å². The maximum atomic E-state index is 11.8. The fraction of sp³-hybridized carbons (Fsp3) is 0.182. The smallest absolute Gasteiger partial charge is 0.269 e. The lowest BCUT2D eigenvalue weighted by Gasteiger charge is -2.19. The summed E-state index contributed by atoms with van der Waals surface area (Å²) in [6, 6.07) is 6.58. The third-order valence-electron chi connectivity index (χ3n) is 1.80. The van der Waals surface area contributed by atoms with Crippen molar-refractivity contribution in [2.75, 3.05) is 7.11 Å². The van der Waals surface area contributed by atoms with Crippen molar-refractivity contribution in [1.29, 1.82) is 0 Å². The summed E-state index contributed by atoms with van der Waals surface area (Å²) in [4.78, 5) is 16.7. The lowest BCUT2D eigenvalue weighted by atomic mass is 10.2. The molecule has 0 saturated carbocycles. The van der Waals surface area contributed by atoms with Crippen molar-refractivity contribution < 1.29 is 9.63 Å². The molecule has 3 nitrogen and oxygen atoms in total. The van der Waals surface area contributed by atoms with Gasteiger partial charge in [0.25, 0.3) is 5.91 Å². The monoisotopic (exact) mass is 225 g/mol. The summed E-state index contributed by atoms with van der Waals surface area (Å²) in [6.45, 7) is 5.34. The van der Waals surface area contributed by atoms with Crippen LogP contribution in [0.15, 0.2) is 36.5 Å². The minimum atomic E-state index is -0.262. The van der Waals surface area contributed by atoms with E-state index in [-0.39, 0.29) is 5.91 Å². The van der Waals surface area contributed by atoms with Crippen molar-refractivity contribution in [3.63, 3.8) is 0 Å².